The Kier molecular flexibility index (Phi) is 3.66. The summed E-state index contributed by atoms with van der Waals surface area (Å²) in [6, 6.07) is 9.19. The summed E-state index contributed by atoms with van der Waals surface area (Å²) in [6.45, 7) is 0. The van der Waals surface area contributed by atoms with Gasteiger partial charge in [0.25, 0.3) is 5.91 Å². The van der Waals surface area contributed by atoms with Crippen molar-refractivity contribution in [2.24, 2.45) is 5.73 Å². The number of nitrogens with one attached hydrogen (secondary N) is 1. The summed E-state index contributed by atoms with van der Waals surface area (Å²) in [7, 11) is 0. The number of carbonyl (C=O) groups is 1. The van der Waals surface area contributed by atoms with E-state index in [1.165, 1.54) is 12.3 Å². The van der Waals surface area contributed by atoms with Gasteiger partial charge >= 0.3 is 0 Å². The Morgan fingerprint density at radius 2 is 1.94 bits per heavy atom. The van der Waals surface area contributed by atoms with Gasteiger partial charge in [0, 0.05) is 9.26 Å². The molecule has 0 fully saturated rings. The van der Waals surface area contributed by atoms with E-state index in [4.69, 9.17) is 11.5 Å². The second-order valence-corrected chi connectivity index (χ2v) is 4.91. The predicted octanol–water partition coefficient (Wildman–Crippen LogP) is 2.11. The molecule has 18 heavy (non-hydrogen) atoms. The normalized spacial score (nSPS) is 10.1. The molecule has 6 heteroatoms. The lowest BCUT2D eigenvalue weighted by Gasteiger charge is -2.09. The minimum atomic E-state index is -0.567. The van der Waals surface area contributed by atoms with Gasteiger partial charge in [-0.3, -0.25) is 4.79 Å². The maximum Gasteiger partial charge on any atom is 0.252 e. The zero-order valence-electron chi connectivity index (χ0n) is 9.35. The first-order chi connectivity index (χ1) is 8.56. The predicted molar refractivity (Wildman–Crippen MR) is 79.6 cm³/mol. The molecule has 0 aliphatic rings. The van der Waals surface area contributed by atoms with Gasteiger partial charge in [-0.05, 0) is 52.9 Å². The van der Waals surface area contributed by atoms with Crippen molar-refractivity contribution in [2.45, 2.75) is 0 Å². The maximum absolute atomic E-state index is 11.3. The first-order valence-electron chi connectivity index (χ1n) is 5.14. The highest BCUT2D eigenvalue weighted by Gasteiger charge is 2.10. The highest BCUT2D eigenvalue weighted by molar-refractivity contribution is 14.1. The second kappa shape index (κ2) is 5.21. The molecular weight excluding hydrogens is 343 g/mol. The second-order valence-electron chi connectivity index (χ2n) is 3.66. The highest BCUT2D eigenvalue weighted by Crippen LogP contribution is 2.20. The minimum absolute atomic E-state index is 0.272. The number of aromatic nitrogens is 1. The number of hydrogen-bond acceptors (Lipinski definition) is 4. The molecule has 1 heterocycles. The van der Waals surface area contributed by atoms with Crippen molar-refractivity contribution < 1.29 is 4.79 Å². The van der Waals surface area contributed by atoms with Crippen LogP contribution in [0.5, 0.6) is 0 Å². The molecule has 0 bridgehead atoms. The molecule has 0 unspecified atom stereocenters. The summed E-state index contributed by atoms with van der Waals surface area (Å²) in [5.74, 6) is -0.166. The Bertz CT molecular complexity index is 583. The number of hydrogen-bond donors (Lipinski definition) is 3. The van der Waals surface area contributed by atoms with Crippen LogP contribution in [-0.4, -0.2) is 10.9 Å². The summed E-state index contributed by atoms with van der Waals surface area (Å²) >= 11 is 2.22. The number of nitrogens with zero attached hydrogens (tertiary/aromatic N) is 1. The molecular formula is C12H11IN4O. The molecule has 0 aliphatic heterocycles. The number of pyridine rings is 1. The largest absolute Gasteiger partial charge is 0.397 e. The monoisotopic (exact) mass is 354 g/mol. The van der Waals surface area contributed by atoms with Crippen molar-refractivity contribution in [2.75, 3.05) is 11.1 Å². The molecule has 0 saturated heterocycles. The van der Waals surface area contributed by atoms with Crippen LogP contribution in [0.3, 0.4) is 0 Å². The van der Waals surface area contributed by atoms with Crippen LogP contribution in [0, 0.1) is 3.57 Å². The molecule has 2 rings (SSSR count). The number of nitrogens with two attached hydrogens (primary N) is 2. The fourth-order valence-electron chi connectivity index (χ4n) is 1.44. The number of benzene rings is 1. The summed E-state index contributed by atoms with van der Waals surface area (Å²) in [5, 5.41) is 3.04. The number of rotatable bonds is 3. The zero-order valence-corrected chi connectivity index (χ0v) is 11.5. The maximum atomic E-state index is 11.3. The van der Waals surface area contributed by atoms with Crippen LogP contribution >= 0.6 is 22.6 Å². The quantitative estimate of drug-likeness (QED) is 0.736. The van der Waals surface area contributed by atoms with Gasteiger partial charge in [-0.1, -0.05) is 0 Å². The van der Waals surface area contributed by atoms with Crippen molar-refractivity contribution in [3.05, 3.63) is 45.7 Å². The van der Waals surface area contributed by atoms with E-state index in [-0.39, 0.29) is 5.56 Å². The van der Waals surface area contributed by atoms with Gasteiger partial charge in [0.2, 0.25) is 0 Å². The van der Waals surface area contributed by atoms with E-state index in [0.717, 1.165) is 9.26 Å². The molecule has 0 saturated carbocycles. The van der Waals surface area contributed by atoms with Crippen LogP contribution in [0.2, 0.25) is 0 Å². The molecule has 1 aromatic heterocycles. The number of anilines is 3. The number of primary amides is 1. The average molecular weight is 354 g/mol. The molecule has 2 aromatic rings. The van der Waals surface area contributed by atoms with E-state index in [0.29, 0.717) is 11.5 Å². The Labute approximate surface area is 118 Å². The standard InChI is InChI=1S/C12H11IN4O/c13-7-1-3-9(4-2-7)17-12-10(11(15)18)5-8(14)6-16-12/h1-6H,14H2,(H2,15,18)(H,16,17). The van der Waals surface area contributed by atoms with Crippen molar-refractivity contribution in [1.29, 1.82) is 0 Å². The fraction of sp³-hybridized carbons (Fsp3) is 0. The van der Waals surface area contributed by atoms with E-state index < -0.39 is 5.91 Å². The third-order valence-corrected chi connectivity index (χ3v) is 3.00. The van der Waals surface area contributed by atoms with Gasteiger partial charge in [0.05, 0.1) is 17.4 Å². The van der Waals surface area contributed by atoms with Gasteiger partial charge in [-0.15, -0.1) is 0 Å². The molecule has 0 aliphatic carbocycles. The Morgan fingerprint density at radius 3 is 2.56 bits per heavy atom. The lowest BCUT2D eigenvalue weighted by atomic mass is 10.2. The Morgan fingerprint density at radius 1 is 1.28 bits per heavy atom. The first kappa shape index (κ1) is 12.6. The molecule has 5 N–H and O–H groups in total. The number of carbonyl (C=O) groups excluding carboxylic acids is 1. The van der Waals surface area contributed by atoms with Crippen LogP contribution in [-0.2, 0) is 0 Å². The van der Waals surface area contributed by atoms with Crippen molar-refractivity contribution in [3.8, 4) is 0 Å². The van der Waals surface area contributed by atoms with E-state index in [1.807, 2.05) is 24.3 Å². The lowest BCUT2D eigenvalue weighted by Crippen LogP contribution is -2.14. The lowest BCUT2D eigenvalue weighted by molar-refractivity contribution is 0.100. The van der Waals surface area contributed by atoms with Crippen molar-refractivity contribution in [1.82, 2.24) is 4.98 Å². The highest BCUT2D eigenvalue weighted by atomic mass is 127. The van der Waals surface area contributed by atoms with Gasteiger partial charge in [-0.25, -0.2) is 4.98 Å². The molecule has 0 radical (unpaired) electrons. The third-order valence-electron chi connectivity index (χ3n) is 2.28. The molecule has 0 atom stereocenters. The van der Waals surface area contributed by atoms with Crippen LogP contribution in [0.1, 0.15) is 10.4 Å². The van der Waals surface area contributed by atoms with Crippen molar-refractivity contribution in [3.63, 3.8) is 0 Å². The van der Waals surface area contributed by atoms with E-state index in [9.17, 15) is 4.79 Å². The zero-order chi connectivity index (χ0) is 13.1. The SMILES string of the molecule is NC(=O)c1cc(N)cnc1Nc1ccc(I)cc1. The number of amides is 1. The van der Waals surface area contributed by atoms with Crippen LogP contribution < -0.4 is 16.8 Å². The fourth-order valence-corrected chi connectivity index (χ4v) is 1.80. The van der Waals surface area contributed by atoms with E-state index >= 15 is 0 Å². The molecule has 92 valence electrons. The third kappa shape index (κ3) is 2.89. The van der Waals surface area contributed by atoms with E-state index in [2.05, 4.69) is 32.9 Å². The number of nitrogen functional groups attached to an aromatic ring is 1. The average Bonchev–Trinajstić information content (AvgIpc) is 2.34. The van der Waals surface area contributed by atoms with Gasteiger partial charge in [0.15, 0.2) is 0 Å². The van der Waals surface area contributed by atoms with Gasteiger partial charge < -0.3 is 16.8 Å². The summed E-state index contributed by atoms with van der Waals surface area (Å²) < 4.78 is 1.12. The van der Waals surface area contributed by atoms with Gasteiger partial charge in [0.1, 0.15) is 5.82 Å². The van der Waals surface area contributed by atoms with Crippen LogP contribution in [0.4, 0.5) is 17.2 Å². The summed E-state index contributed by atoms with van der Waals surface area (Å²) in [5.41, 5.74) is 12.4. The molecule has 1 amide bonds. The summed E-state index contributed by atoms with van der Waals surface area (Å²) in [4.78, 5) is 15.4. The van der Waals surface area contributed by atoms with E-state index in [1.54, 1.807) is 0 Å². The Balaban J connectivity index is 2.34. The molecule has 5 nitrogen and oxygen atoms in total. The first-order valence-corrected chi connectivity index (χ1v) is 6.22. The minimum Gasteiger partial charge on any atom is -0.397 e. The molecule has 1 aromatic carbocycles. The van der Waals surface area contributed by atoms with Gasteiger partial charge in [-0.2, -0.15) is 0 Å². The van der Waals surface area contributed by atoms with Crippen molar-refractivity contribution >= 4 is 45.7 Å². The smallest absolute Gasteiger partial charge is 0.252 e. The van der Waals surface area contributed by atoms with Crippen LogP contribution in [0.25, 0.3) is 0 Å². The number of halogens is 1. The summed E-state index contributed by atoms with van der Waals surface area (Å²) in [6.07, 6.45) is 1.47. The Hall–Kier alpha value is -1.83. The molecule has 0 spiro atoms. The topological polar surface area (TPSA) is 94.0 Å². The van der Waals surface area contributed by atoms with Crippen LogP contribution in [0.15, 0.2) is 36.5 Å².